The van der Waals surface area contributed by atoms with Gasteiger partial charge in [0.25, 0.3) is 0 Å². The van der Waals surface area contributed by atoms with Crippen LogP contribution in [0.4, 0.5) is 0 Å². The molecule has 0 spiro atoms. The minimum Gasteiger partial charge on any atom is -0.379 e. The molecule has 1 fully saturated rings. The SMILES string of the molecule is CC(C)CNCc1ncnn1C1CCCOC1. The lowest BCUT2D eigenvalue weighted by atomic mass is 10.1. The summed E-state index contributed by atoms with van der Waals surface area (Å²) in [4.78, 5) is 4.32. The highest BCUT2D eigenvalue weighted by molar-refractivity contribution is 4.88. The third-order valence-electron chi connectivity index (χ3n) is 2.97. The van der Waals surface area contributed by atoms with Crippen LogP contribution in [0.25, 0.3) is 0 Å². The Bertz CT molecular complexity index is 331. The van der Waals surface area contributed by atoms with Gasteiger partial charge in [0, 0.05) is 6.61 Å². The summed E-state index contributed by atoms with van der Waals surface area (Å²) in [6.07, 6.45) is 3.89. The molecule has 1 unspecified atom stereocenters. The molecule has 1 N–H and O–H groups in total. The van der Waals surface area contributed by atoms with E-state index in [9.17, 15) is 0 Å². The summed E-state index contributed by atoms with van der Waals surface area (Å²) in [5.74, 6) is 1.67. The minimum atomic E-state index is 0.363. The van der Waals surface area contributed by atoms with Crippen molar-refractivity contribution in [3.05, 3.63) is 12.2 Å². The smallest absolute Gasteiger partial charge is 0.141 e. The lowest BCUT2D eigenvalue weighted by Gasteiger charge is -2.23. The normalized spacial score (nSPS) is 21.0. The molecule has 0 saturated carbocycles. The molecule has 0 aromatic carbocycles. The number of aromatic nitrogens is 3. The molecule has 0 aliphatic carbocycles. The van der Waals surface area contributed by atoms with Crippen molar-refractivity contribution in [2.24, 2.45) is 5.92 Å². The molecule has 1 aliphatic heterocycles. The third kappa shape index (κ3) is 3.51. The quantitative estimate of drug-likeness (QED) is 0.842. The van der Waals surface area contributed by atoms with Gasteiger partial charge in [0.2, 0.25) is 0 Å². The average Bonchev–Trinajstić information content (AvgIpc) is 2.78. The number of nitrogens with one attached hydrogen (secondary N) is 1. The number of nitrogens with zero attached hydrogens (tertiary/aromatic N) is 3. The van der Waals surface area contributed by atoms with Crippen LogP contribution in [-0.2, 0) is 11.3 Å². The van der Waals surface area contributed by atoms with Crippen LogP contribution in [0.5, 0.6) is 0 Å². The van der Waals surface area contributed by atoms with Crippen molar-refractivity contribution < 1.29 is 4.74 Å². The second-order valence-corrected chi connectivity index (χ2v) is 5.02. The predicted octanol–water partition coefficient (Wildman–Crippen LogP) is 1.38. The zero-order chi connectivity index (χ0) is 12.1. The molecule has 96 valence electrons. The molecule has 2 heterocycles. The summed E-state index contributed by atoms with van der Waals surface area (Å²) in [5, 5.41) is 7.73. The van der Waals surface area contributed by atoms with E-state index >= 15 is 0 Å². The van der Waals surface area contributed by atoms with E-state index in [2.05, 4.69) is 29.2 Å². The van der Waals surface area contributed by atoms with Gasteiger partial charge in [-0.25, -0.2) is 9.67 Å². The first-order valence-electron chi connectivity index (χ1n) is 6.44. The van der Waals surface area contributed by atoms with Gasteiger partial charge in [0.05, 0.1) is 19.2 Å². The van der Waals surface area contributed by atoms with Gasteiger partial charge in [-0.15, -0.1) is 0 Å². The lowest BCUT2D eigenvalue weighted by molar-refractivity contribution is 0.0535. The molecule has 1 aromatic rings. The van der Waals surface area contributed by atoms with Crippen LogP contribution in [0.3, 0.4) is 0 Å². The summed E-state index contributed by atoms with van der Waals surface area (Å²) in [5.41, 5.74) is 0. The Balaban J connectivity index is 1.91. The highest BCUT2D eigenvalue weighted by Gasteiger charge is 2.19. The molecular weight excluding hydrogens is 216 g/mol. The summed E-state index contributed by atoms with van der Waals surface area (Å²) < 4.78 is 7.51. The topological polar surface area (TPSA) is 52.0 Å². The monoisotopic (exact) mass is 238 g/mol. The van der Waals surface area contributed by atoms with Crippen molar-refractivity contribution in [3.8, 4) is 0 Å². The van der Waals surface area contributed by atoms with Gasteiger partial charge in [0.1, 0.15) is 12.2 Å². The van der Waals surface area contributed by atoms with E-state index < -0.39 is 0 Å². The van der Waals surface area contributed by atoms with Crippen molar-refractivity contribution in [3.63, 3.8) is 0 Å². The maximum absolute atomic E-state index is 5.49. The Morgan fingerprint density at radius 3 is 3.18 bits per heavy atom. The van der Waals surface area contributed by atoms with Gasteiger partial charge in [0.15, 0.2) is 0 Å². The van der Waals surface area contributed by atoms with Gasteiger partial charge >= 0.3 is 0 Å². The lowest BCUT2D eigenvalue weighted by Crippen LogP contribution is -2.27. The van der Waals surface area contributed by atoms with Crippen LogP contribution < -0.4 is 5.32 Å². The van der Waals surface area contributed by atoms with Gasteiger partial charge in [-0.2, -0.15) is 5.10 Å². The molecule has 1 aromatic heterocycles. The van der Waals surface area contributed by atoms with E-state index in [-0.39, 0.29) is 0 Å². The molecular formula is C12H22N4O. The third-order valence-corrected chi connectivity index (χ3v) is 2.97. The van der Waals surface area contributed by atoms with E-state index in [0.717, 1.165) is 45.0 Å². The van der Waals surface area contributed by atoms with Gasteiger partial charge in [-0.1, -0.05) is 13.8 Å². The standard InChI is InChI=1S/C12H22N4O/c1-10(2)6-13-7-12-14-9-15-16(12)11-4-3-5-17-8-11/h9-11,13H,3-8H2,1-2H3. The average molecular weight is 238 g/mol. The highest BCUT2D eigenvalue weighted by atomic mass is 16.5. The zero-order valence-electron chi connectivity index (χ0n) is 10.7. The second kappa shape index (κ2) is 6.12. The minimum absolute atomic E-state index is 0.363. The summed E-state index contributed by atoms with van der Waals surface area (Å²) in [6, 6.07) is 0.363. The van der Waals surface area contributed by atoms with Crippen LogP contribution in [0.15, 0.2) is 6.33 Å². The maximum Gasteiger partial charge on any atom is 0.141 e. The van der Waals surface area contributed by atoms with Crippen molar-refractivity contribution in [1.29, 1.82) is 0 Å². The molecule has 0 amide bonds. The van der Waals surface area contributed by atoms with Crippen molar-refractivity contribution in [2.75, 3.05) is 19.8 Å². The number of ether oxygens (including phenoxy) is 1. The molecule has 17 heavy (non-hydrogen) atoms. The first kappa shape index (κ1) is 12.5. The van der Waals surface area contributed by atoms with Crippen molar-refractivity contribution in [1.82, 2.24) is 20.1 Å². The largest absolute Gasteiger partial charge is 0.379 e. The van der Waals surface area contributed by atoms with Crippen LogP contribution in [-0.4, -0.2) is 34.5 Å². The number of rotatable bonds is 5. The van der Waals surface area contributed by atoms with Crippen molar-refractivity contribution in [2.45, 2.75) is 39.3 Å². The van der Waals surface area contributed by atoms with Gasteiger partial charge < -0.3 is 10.1 Å². The maximum atomic E-state index is 5.49. The van der Waals surface area contributed by atoms with Gasteiger partial charge in [-0.3, -0.25) is 0 Å². The van der Waals surface area contributed by atoms with Crippen LogP contribution in [0, 0.1) is 5.92 Å². The predicted molar refractivity (Wildman–Crippen MR) is 65.7 cm³/mol. The molecule has 0 bridgehead atoms. The molecule has 5 heteroatoms. The molecule has 0 radical (unpaired) electrons. The molecule has 1 atom stereocenters. The fourth-order valence-corrected chi connectivity index (χ4v) is 2.09. The Labute approximate surface area is 103 Å². The number of hydrogen-bond donors (Lipinski definition) is 1. The number of hydrogen-bond acceptors (Lipinski definition) is 4. The highest BCUT2D eigenvalue weighted by Crippen LogP contribution is 2.19. The van der Waals surface area contributed by atoms with Crippen molar-refractivity contribution >= 4 is 0 Å². The first-order chi connectivity index (χ1) is 8.27. The summed E-state index contributed by atoms with van der Waals surface area (Å²) >= 11 is 0. The molecule has 1 aliphatic rings. The Morgan fingerprint density at radius 1 is 1.59 bits per heavy atom. The fraction of sp³-hybridized carbons (Fsp3) is 0.833. The van der Waals surface area contributed by atoms with E-state index in [1.807, 2.05) is 4.68 Å². The van der Waals surface area contributed by atoms with E-state index in [0.29, 0.717) is 12.0 Å². The summed E-state index contributed by atoms with van der Waals surface area (Å²) in [6.45, 7) is 7.84. The molecule has 2 rings (SSSR count). The van der Waals surface area contributed by atoms with Crippen LogP contribution in [0.1, 0.15) is 38.6 Å². The molecule has 1 saturated heterocycles. The zero-order valence-corrected chi connectivity index (χ0v) is 10.7. The Hall–Kier alpha value is -0.940. The molecule has 5 nitrogen and oxygen atoms in total. The summed E-state index contributed by atoms with van der Waals surface area (Å²) in [7, 11) is 0. The second-order valence-electron chi connectivity index (χ2n) is 5.02. The van der Waals surface area contributed by atoms with E-state index in [1.54, 1.807) is 6.33 Å². The van der Waals surface area contributed by atoms with Crippen LogP contribution in [0.2, 0.25) is 0 Å². The van der Waals surface area contributed by atoms with E-state index in [4.69, 9.17) is 4.74 Å². The van der Waals surface area contributed by atoms with E-state index in [1.165, 1.54) is 0 Å². The Kier molecular flexibility index (Phi) is 4.50. The fourth-order valence-electron chi connectivity index (χ4n) is 2.09. The first-order valence-corrected chi connectivity index (χ1v) is 6.44. The van der Waals surface area contributed by atoms with Gasteiger partial charge in [-0.05, 0) is 25.3 Å². The Morgan fingerprint density at radius 2 is 2.47 bits per heavy atom. The van der Waals surface area contributed by atoms with Crippen LogP contribution >= 0.6 is 0 Å².